The van der Waals surface area contributed by atoms with Gasteiger partial charge >= 0.3 is 12.2 Å². The van der Waals surface area contributed by atoms with Crippen molar-refractivity contribution in [3.63, 3.8) is 0 Å². The third kappa shape index (κ3) is 5.09. The van der Waals surface area contributed by atoms with E-state index in [0.29, 0.717) is 43.9 Å². The Balaban J connectivity index is 1.16. The lowest BCUT2D eigenvalue weighted by molar-refractivity contribution is -0.151. The van der Waals surface area contributed by atoms with Crippen LogP contribution in [0.4, 0.5) is 18.0 Å². The highest BCUT2D eigenvalue weighted by Gasteiger charge is 2.60. The fourth-order valence-electron chi connectivity index (χ4n) is 8.12. The number of halogens is 3. The van der Waals surface area contributed by atoms with Crippen LogP contribution in [0.5, 0.6) is 0 Å². The summed E-state index contributed by atoms with van der Waals surface area (Å²) in [6.45, 7) is 0.145. The first-order valence-electron chi connectivity index (χ1n) is 15.3. The molecule has 11 heteroatoms. The summed E-state index contributed by atoms with van der Waals surface area (Å²) in [5.74, 6) is 0.664. The second-order valence-electron chi connectivity index (χ2n) is 13.0. The Morgan fingerprint density at radius 2 is 1.70 bits per heavy atom. The van der Waals surface area contributed by atoms with E-state index in [1.165, 1.54) is 11.0 Å². The fraction of sp³-hybridized carbons (Fsp3) is 0.485. The molecule has 2 amide bonds. The molecule has 4 aliphatic rings. The van der Waals surface area contributed by atoms with Crippen LogP contribution in [0.25, 0.3) is 11.3 Å². The Bertz CT molecular complexity index is 1600. The molecule has 1 aliphatic carbocycles. The Morgan fingerprint density at radius 3 is 2.43 bits per heavy atom. The van der Waals surface area contributed by atoms with Crippen LogP contribution in [-0.2, 0) is 6.54 Å². The van der Waals surface area contributed by atoms with Gasteiger partial charge in [0.1, 0.15) is 5.82 Å². The van der Waals surface area contributed by atoms with E-state index in [1.54, 1.807) is 14.4 Å². The maximum absolute atomic E-state index is 14.2. The van der Waals surface area contributed by atoms with Crippen molar-refractivity contribution in [1.82, 2.24) is 24.3 Å². The molecule has 2 bridgehead atoms. The zero-order chi connectivity index (χ0) is 30.7. The van der Waals surface area contributed by atoms with Gasteiger partial charge in [0, 0.05) is 55.7 Å². The monoisotopic (exact) mass is 607 g/mol. The minimum absolute atomic E-state index is 0.0292. The molecule has 7 rings (SSSR count). The average Bonchev–Trinajstić information content (AvgIpc) is 3.40. The molecular weight excluding hydrogens is 571 g/mol. The van der Waals surface area contributed by atoms with Crippen molar-refractivity contribution < 1.29 is 23.1 Å². The molecule has 1 N–H and O–H groups in total. The van der Waals surface area contributed by atoms with Crippen LogP contribution in [0.3, 0.4) is 0 Å². The number of hydrogen-bond donors (Lipinski definition) is 1. The predicted molar refractivity (Wildman–Crippen MR) is 158 cm³/mol. The number of aromatic nitrogens is 2. The number of aliphatic hydroxyl groups is 1. The van der Waals surface area contributed by atoms with Gasteiger partial charge < -0.3 is 14.9 Å². The number of likely N-dealkylation sites (tertiary alicyclic amines) is 1. The van der Waals surface area contributed by atoms with Gasteiger partial charge in [-0.25, -0.2) is 9.78 Å². The van der Waals surface area contributed by atoms with Crippen molar-refractivity contribution in [3.8, 4) is 11.3 Å². The lowest BCUT2D eigenvalue weighted by Crippen LogP contribution is -2.64. The van der Waals surface area contributed by atoms with Crippen LogP contribution in [0.1, 0.15) is 49.0 Å². The van der Waals surface area contributed by atoms with Crippen LogP contribution in [0.15, 0.2) is 71.5 Å². The van der Waals surface area contributed by atoms with E-state index in [0.717, 1.165) is 17.5 Å². The van der Waals surface area contributed by atoms with Gasteiger partial charge in [-0.3, -0.25) is 14.3 Å². The third-order valence-corrected chi connectivity index (χ3v) is 10.3. The Labute approximate surface area is 253 Å². The van der Waals surface area contributed by atoms with Crippen LogP contribution in [0, 0.1) is 5.41 Å². The average molecular weight is 608 g/mol. The van der Waals surface area contributed by atoms with Gasteiger partial charge in [-0.05, 0) is 31.2 Å². The zero-order valence-corrected chi connectivity index (χ0v) is 24.4. The minimum atomic E-state index is -4.32. The number of carbonyl (C=O) groups is 1. The maximum atomic E-state index is 14.2. The first-order chi connectivity index (χ1) is 21.0. The Kier molecular flexibility index (Phi) is 7.08. The molecule has 2 aromatic carbocycles. The van der Waals surface area contributed by atoms with E-state index in [2.05, 4.69) is 0 Å². The quantitative estimate of drug-likeness (QED) is 0.469. The maximum Gasteiger partial charge on any atom is 0.401 e. The van der Waals surface area contributed by atoms with E-state index in [9.17, 15) is 27.9 Å². The number of hydrogen-bond acceptors (Lipinski definition) is 5. The number of amides is 2. The van der Waals surface area contributed by atoms with E-state index < -0.39 is 29.8 Å². The fourth-order valence-corrected chi connectivity index (χ4v) is 8.12. The molecule has 8 nitrogen and oxygen atoms in total. The molecule has 1 spiro atoms. The van der Waals surface area contributed by atoms with Crippen molar-refractivity contribution in [2.24, 2.45) is 5.41 Å². The van der Waals surface area contributed by atoms with Crippen molar-refractivity contribution in [2.45, 2.75) is 56.0 Å². The molecule has 1 aromatic heterocycles. The Hall–Kier alpha value is -3.70. The van der Waals surface area contributed by atoms with Crippen molar-refractivity contribution >= 4 is 6.03 Å². The van der Waals surface area contributed by atoms with Gasteiger partial charge in [0.25, 0.3) is 5.56 Å². The molecule has 0 radical (unpaired) electrons. The highest BCUT2D eigenvalue weighted by Crippen LogP contribution is 2.58. The lowest BCUT2D eigenvalue weighted by Gasteiger charge is -2.53. The second kappa shape index (κ2) is 10.7. The van der Waals surface area contributed by atoms with Crippen molar-refractivity contribution in [3.05, 3.63) is 88.5 Å². The lowest BCUT2D eigenvalue weighted by atomic mass is 9.66. The Morgan fingerprint density at radius 1 is 0.977 bits per heavy atom. The number of piperidine rings is 1. The number of rotatable bonds is 3. The van der Waals surface area contributed by atoms with E-state index in [-0.39, 0.29) is 43.7 Å². The van der Waals surface area contributed by atoms with Crippen molar-refractivity contribution in [1.29, 1.82) is 0 Å². The third-order valence-electron chi connectivity index (χ3n) is 10.3. The summed E-state index contributed by atoms with van der Waals surface area (Å²) in [6.07, 6.45) is -1.96. The molecule has 4 atom stereocenters. The topological polar surface area (TPSA) is 81.9 Å². The molecule has 44 heavy (non-hydrogen) atoms. The number of urea groups is 1. The smallest absolute Gasteiger partial charge is 0.387 e. The minimum Gasteiger partial charge on any atom is -0.387 e. The number of benzene rings is 2. The van der Waals surface area contributed by atoms with Crippen LogP contribution in [0.2, 0.25) is 0 Å². The summed E-state index contributed by atoms with van der Waals surface area (Å²) >= 11 is 0. The summed E-state index contributed by atoms with van der Waals surface area (Å²) in [7, 11) is 0. The van der Waals surface area contributed by atoms with E-state index in [1.807, 2.05) is 60.7 Å². The molecule has 1 saturated carbocycles. The van der Waals surface area contributed by atoms with E-state index in [4.69, 9.17) is 4.98 Å². The largest absolute Gasteiger partial charge is 0.401 e. The van der Waals surface area contributed by atoms with Gasteiger partial charge in [0.15, 0.2) is 0 Å². The molecule has 232 valence electrons. The van der Waals surface area contributed by atoms with Crippen LogP contribution in [-0.4, -0.2) is 86.4 Å². The molecule has 2 saturated heterocycles. The first-order valence-corrected chi connectivity index (χ1v) is 15.3. The number of alkyl halides is 3. The highest BCUT2D eigenvalue weighted by atomic mass is 19.4. The SMILES string of the molecule is O=C(N1CC[C@@]2(O)Cn3c(nc(-c4ccccc4)cc3=O)C3CCC2(C3)C1)N1CCN(CC(F)(F)F)C[C@H]1c1ccccc1. The summed E-state index contributed by atoms with van der Waals surface area (Å²) < 4.78 is 41.5. The molecular formula is C33H36F3N5O3. The number of nitrogens with zero attached hydrogens (tertiary/aromatic N) is 5. The summed E-state index contributed by atoms with van der Waals surface area (Å²) in [4.78, 5) is 37.4. The second-order valence-corrected chi connectivity index (χ2v) is 13.0. The number of carbonyl (C=O) groups excluding carboxylic acids is 1. The predicted octanol–water partition coefficient (Wildman–Crippen LogP) is 4.66. The molecule has 3 aliphatic heterocycles. The molecule has 2 unspecified atom stereocenters. The van der Waals surface area contributed by atoms with Crippen LogP contribution < -0.4 is 5.56 Å². The summed E-state index contributed by atoms with van der Waals surface area (Å²) in [5, 5.41) is 12.2. The van der Waals surface area contributed by atoms with E-state index >= 15 is 0 Å². The molecule has 3 aromatic rings. The summed E-state index contributed by atoms with van der Waals surface area (Å²) in [6, 6.07) is 19.6. The van der Waals surface area contributed by atoms with Crippen LogP contribution >= 0.6 is 0 Å². The first kappa shape index (κ1) is 29.0. The van der Waals surface area contributed by atoms with Crippen molar-refractivity contribution in [2.75, 3.05) is 39.3 Å². The van der Waals surface area contributed by atoms with Gasteiger partial charge in [-0.15, -0.1) is 0 Å². The van der Waals surface area contributed by atoms with Gasteiger partial charge in [0.05, 0.1) is 30.4 Å². The van der Waals surface area contributed by atoms with Gasteiger partial charge in [-0.1, -0.05) is 60.7 Å². The summed E-state index contributed by atoms with van der Waals surface area (Å²) in [5.41, 5.74) is 0.289. The van der Waals surface area contributed by atoms with Gasteiger partial charge in [-0.2, -0.15) is 13.2 Å². The zero-order valence-electron chi connectivity index (χ0n) is 24.4. The number of fused-ring (bicyclic) bond motifs is 3. The standard InChI is InChI=1S/C33H36F3N5O3/c34-33(35,36)22-38-15-16-40(27(19-38)24-9-5-2-6-10-24)30(43)39-14-13-32(44)21-41-28(42)17-26(23-7-3-1-4-8-23)37-29(41)25-11-12-31(32,18-25)20-39/h1-10,17,25,27,44H,11-16,18-22H2/t25?,27-,31?,32+/m0/s1. The van der Waals surface area contributed by atoms with Gasteiger partial charge in [0.2, 0.25) is 0 Å². The molecule has 4 heterocycles. The normalized spacial score (nSPS) is 28.7. The highest BCUT2D eigenvalue weighted by molar-refractivity contribution is 5.75. The molecule has 3 fully saturated rings. The number of piperazine rings is 1.